The van der Waals surface area contributed by atoms with Crippen LogP contribution >= 0.6 is 0 Å². The average Bonchev–Trinajstić information content (AvgIpc) is 2.48. The van der Waals surface area contributed by atoms with Crippen LogP contribution in [0.25, 0.3) is 0 Å². The first-order valence-electron chi connectivity index (χ1n) is 6.86. The molecule has 7 nitrogen and oxygen atoms in total. The van der Waals surface area contributed by atoms with Gasteiger partial charge in [-0.3, -0.25) is 10.1 Å². The molecule has 8 heteroatoms. The normalized spacial score (nSPS) is 22.9. The molecule has 1 aliphatic carbocycles. The molecule has 0 unspecified atom stereocenters. The lowest BCUT2D eigenvalue weighted by Crippen LogP contribution is -2.41. The fourth-order valence-electron chi connectivity index (χ4n) is 2.55. The number of benzene rings is 1. The maximum atomic E-state index is 12.3. The van der Waals surface area contributed by atoms with E-state index in [0.717, 1.165) is 31.7 Å². The second-order valence-electron chi connectivity index (χ2n) is 5.21. The number of rotatable bonds is 5. The van der Waals surface area contributed by atoms with Crippen molar-refractivity contribution in [1.82, 2.24) is 10.0 Å². The molecule has 1 aromatic rings. The van der Waals surface area contributed by atoms with Crippen LogP contribution in [0.1, 0.15) is 25.7 Å². The van der Waals surface area contributed by atoms with Crippen LogP contribution in [0.15, 0.2) is 29.2 Å². The molecule has 21 heavy (non-hydrogen) atoms. The standard InChI is InChI=1S/C13H19N3O4S/c1-14-10-5-7-11(8-6-10)15-21(19,20)13-4-2-3-12(9-13)16(17)18/h2-4,9-11,14-15H,5-8H2,1H3. The molecule has 0 spiro atoms. The van der Waals surface area contributed by atoms with Crippen molar-refractivity contribution in [1.29, 1.82) is 0 Å². The topological polar surface area (TPSA) is 101 Å². The van der Waals surface area contributed by atoms with Crippen LogP contribution in [-0.4, -0.2) is 32.5 Å². The number of nitro benzene ring substituents is 1. The van der Waals surface area contributed by atoms with Gasteiger partial charge >= 0.3 is 0 Å². The molecule has 0 amide bonds. The van der Waals surface area contributed by atoms with E-state index in [2.05, 4.69) is 10.0 Å². The first-order valence-corrected chi connectivity index (χ1v) is 8.35. The quantitative estimate of drug-likeness (QED) is 0.632. The molecule has 0 bridgehead atoms. The van der Waals surface area contributed by atoms with Gasteiger partial charge in [0.1, 0.15) is 0 Å². The zero-order valence-corrected chi connectivity index (χ0v) is 12.6. The van der Waals surface area contributed by atoms with Crippen molar-refractivity contribution >= 4 is 15.7 Å². The van der Waals surface area contributed by atoms with Crippen molar-refractivity contribution < 1.29 is 13.3 Å². The summed E-state index contributed by atoms with van der Waals surface area (Å²) in [6, 6.07) is 5.43. The van der Waals surface area contributed by atoms with Gasteiger partial charge in [0.25, 0.3) is 5.69 Å². The van der Waals surface area contributed by atoms with E-state index < -0.39 is 14.9 Å². The highest BCUT2D eigenvalue weighted by atomic mass is 32.2. The second kappa shape index (κ2) is 6.50. The third-order valence-electron chi connectivity index (χ3n) is 3.80. The van der Waals surface area contributed by atoms with Crippen molar-refractivity contribution in [2.24, 2.45) is 0 Å². The Balaban J connectivity index is 2.08. The molecule has 0 atom stereocenters. The molecular formula is C13H19N3O4S. The van der Waals surface area contributed by atoms with E-state index in [-0.39, 0.29) is 16.6 Å². The molecule has 0 saturated heterocycles. The fraction of sp³-hybridized carbons (Fsp3) is 0.538. The van der Waals surface area contributed by atoms with E-state index in [4.69, 9.17) is 0 Å². The van der Waals surface area contributed by atoms with Gasteiger partial charge in [-0.15, -0.1) is 0 Å². The highest BCUT2D eigenvalue weighted by Crippen LogP contribution is 2.22. The number of sulfonamides is 1. The lowest BCUT2D eigenvalue weighted by molar-refractivity contribution is -0.385. The van der Waals surface area contributed by atoms with Crippen LogP contribution in [0.2, 0.25) is 0 Å². The molecule has 1 aromatic carbocycles. The van der Waals surface area contributed by atoms with Crippen LogP contribution in [-0.2, 0) is 10.0 Å². The van der Waals surface area contributed by atoms with Crippen molar-refractivity contribution in [3.8, 4) is 0 Å². The molecule has 1 saturated carbocycles. The Bertz CT molecular complexity index is 610. The summed E-state index contributed by atoms with van der Waals surface area (Å²) in [6.45, 7) is 0. The lowest BCUT2D eigenvalue weighted by Gasteiger charge is -2.28. The number of nitro groups is 1. The highest BCUT2D eigenvalue weighted by Gasteiger charge is 2.25. The van der Waals surface area contributed by atoms with Gasteiger partial charge in [-0.2, -0.15) is 0 Å². The number of nitrogens with zero attached hydrogens (tertiary/aromatic N) is 1. The SMILES string of the molecule is CNC1CCC(NS(=O)(=O)c2cccc([N+](=O)[O-])c2)CC1. The molecule has 116 valence electrons. The van der Waals surface area contributed by atoms with E-state index in [1.165, 1.54) is 18.2 Å². The van der Waals surface area contributed by atoms with Crippen LogP contribution in [0.3, 0.4) is 0 Å². The second-order valence-corrected chi connectivity index (χ2v) is 6.93. The van der Waals surface area contributed by atoms with Gasteiger partial charge in [0.2, 0.25) is 10.0 Å². The summed E-state index contributed by atoms with van der Waals surface area (Å²) in [7, 11) is -1.81. The van der Waals surface area contributed by atoms with E-state index >= 15 is 0 Å². The minimum atomic E-state index is -3.71. The Morgan fingerprint density at radius 1 is 1.19 bits per heavy atom. The summed E-state index contributed by atoms with van der Waals surface area (Å²) in [6.07, 6.45) is 3.36. The van der Waals surface area contributed by atoms with Gasteiger partial charge in [0.05, 0.1) is 9.82 Å². The van der Waals surface area contributed by atoms with Crippen molar-refractivity contribution in [2.45, 2.75) is 42.7 Å². The Morgan fingerprint density at radius 2 is 1.81 bits per heavy atom. The molecule has 0 aromatic heterocycles. The van der Waals surface area contributed by atoms with Crippen LogP contribution in [0.4, 0.5) is 5.69 Å². The zero-order valence-electron chi connectivity index (χ0n) is 11.8. The minimum Gasteiger partial charge on any atom is -0.317 e. The summed E-state index contributed by atoms with van der Waals surface area (Å²) in [5, 5.41) is 13.9. The summed E-state index contributed by atoms with van der Waals surface area (Å²) >= 11 is 0. The largest absolute Gasteiger partial charge is 0.317 e. The van der Waals surface area contributed by atoms with E-state index in [9.17, 15) is 18.5 Å². The third-order valence-corrected chi connectivity index (χ3v) is 5.31. The van der Waals surface area contributed by atoms with Gasteiger partial charge < -0.3 is 5.32 Å². The van der Waals surface area contributed by atoms with E-state index in [1.54, 1.807) is 0 Å². The van der Waals surface area contributed by atoms with Crippen molar-refractivity contribution in [2.75, 3.05) is 7.05 Å². The lowest BCUT2D eigenvalue weighted by atomic mass is 9.92. The molecule has 1 fully saturated rings. The number of nitrogens with one attached hydrogen (secondary N) is 2. The van der Waals surface area contributed by atoms with E-state index in [0.29, 0.717) is 6.04 Å². The smallest absolute Gasteiger partial charge is 0.270 e. The van der Waals surface area contributed by atoms with Gasteiger partial charge in [0, 0.05) is 24.2 Å². The maximum absolute atomic E-state index is 12.3. The predicted octanol–water partition coefficient (Wildman–Crippen LogP) is 1.40. The molecule has 2 N–H and O–H groups in total. The molecular weight excluding hydrogens is 294 g/mol. The molecule has 0 heterocycles. The molecule has 2 rings (SSSR count). The maximum Gasteiger partial charge on any atom is 0.270 e. The van der Waals surface area contributed by atoms with Gasteiger partial charge in [-0.05, 0) is 38.8 Å². The van der Waals surface area contributed by atoms with Crippen LogP contribution in [0, 0.1) is 10.1 Å². The van der Waals surface area contributed by atoms with Gasteiger partial charge in [-0.1, -0.05) is 6.07 Å². The molecule has 1 aliphatic rings. The first kappa shape index (κ1) is 15.9. The number of hydrogen-bond acceptors (Lipinski definition) is 5. The monoisotopic (exact) mass is 313 g/mol. The minimum absolute atomic E-state index is 0.0626. The predicted molar refractivity (Wildman–Crippen MR) is 78.5 cm³/mol. The Labute approximate surface area is 123 Å². The highest BCUT2D eigenvalue weighted by molar-refractivity contribution is 7.89. The van der Waals surface area contributed by atoms with Gasteiger partial charge in [0.15, 0.2) is 0 Å². The average molecular weight is 313 g/mol. The summed E-state index contributed by atoms with van der Waals surface area (Å²) in [4.78, 5) is 10.1. The Hall–Kier alpha value is -1.51. The number of non-ortho nitro benzene ring substituents is 1. The molecule has 0 aliphatic heterocycles. The van der Waals surface area contributed by atoms with Crippen molar-refractivity contribution in [3.05, 3.63) is 34.4 Å². The zero-order chi connectivity index (χ0) is 15.5. The Morgan fingerprint density at radius 3 is 2.38 bits per heavy atom. The third kappa shape index (κ3) is 3.99. The van der Waals surface area contributed by atoms with Gasteiger partial charge in [-0.25, -0.2) is 13.1 Å². The summed E-state index contributed by atoms with van der Waals surface area (Å²) < 4.78 is 27.2. The Kier molecular flexibility index (Phi) is 4.92. The first-order chi connectivity index (χ1) is 9.92. The summed E-state index contributed by atoms with van der Waals surface area (Å²) in [5.41, 5.74) is -0.225. The fourth-order valence-corrected chi connectivity index (χ4v) is 3.90. The number of hydrogen-bond donors (Lipinski definition) is 2. The van der Waals surface area contributed by atoms with Crippen LogP contribution < -0.4 is 10.0 Å². The van der Waals surface area contributed by atoms with Crippen molar-refractivity contribution in [3.63, 3.8) is 0 Å². The van der Waals surface area contributed by atoms with E-state index in [1.807, 2.05) is 7.05 Å². The molecule has 0 radical (unpaired) electrons. The van der Waals surface area contributed by atoms with Crippen LogP contribution in [0.5, 0.6) is 0 Å². The summed E-state index contributed by atoms with van der Waals surface area (Å²) in [5.74, 6) is 0.